The highest BCUT2D eigenvalue weighted by molar-refractivity contribution is 6.05. The van der Waals surface area contributed by atoms with Gasteiger partial charge in [-0.05, 0) is 48.5 Å². The first kappa shape index (κ1) is 25.3. The van der Waals surface area contributed by atoms with Crippen LogP contribution in [0.25, 0.3) is 0 Å². The molecule has 35 heavy (non-hydrogen) atoms. The Bertz CT molecular complexity index is 1320. The van der Waals surface area contributed by atoms with E-state index >= 15 is 0 Å². The summed E-state index contributed by atoms with van der Waals surface area (Å²) in [6, 6.07) is 9.45. The first-order valence-electron chi connectivity index (χ1n) is 9.78. The van der Waals surface area contributed by atoms with Crippen molar-refractivity contribution in [2.45, 2.75) is 12.4 Å². The second-order valence-corrected chi connectivity index (χ2v) is 7.05. The average Bonchev–Trinajstić information content (AvgIpc) is 2.81. The lowest BCUT2D eigenvalue weighted by molar-refractivity contribution is -0.138. The molecule has 0 aliphatic rings. The van der Waals surface area contributed by atoms with Gasteiger partial charge in [-0.15, -0.1) is 0 Å². The molecule has 0 unspecified atom stereocenters. The lowest BCUT2D eigenvalue weighted by atomic mass is 10.0. The molecule has 180 valence electrons. The maximum absolute atomic E-state index is 13.5. The molecule has 3 aromatic rings. The third kappa shape index (κ3) is 6.38. The third-order valence-electron chi connectivity index (χ3n) is 4.58. The molecule has 0 saturated heterocycles. The van der Waals surface area contributed by atoms with Crippen LogP contribution in [0.15, 0.2) is 60.8 Å². The number of alkyl halides is 6. The molecule has 2 aromatic carbocycles. The van der Waals surface area contributed by atoms with Gasteiger partial charge in [0.25, 0.3) is 11.8 Å². The van der Waals surface area contributed by atoms with E-state index in [0.29, 0.717) is 18.2 Å². The fraction of sp³-hybridized carbons (Fsp3) is 0.125. The van der Waals surface area contributed by atoms with Gasteiger partial charge in [0.2, 0.25) is 0 Å². The van der Waals surface area contributed by atoms with Crippen molar-refractivity contribution in [3.63, 3.8) is 0 Å². The van der Waals surface area contributed by atoms with Gasteiger partial charge in [0.15, 0.2) is 0 Å². The lowest BCUT2D eigenvalue weighted by Crippen LogP contribution is -2.19. The number of carbonyl (C=O) groups is 2. The van der Waals surface area contributed by atoms with Gasteiger partial charge in [-0.1, -0.05) is 17.9 Å². The smallest absolute Gasteiger partial charge is 0.355 e. The van der Waals surface area contributed by atoms with Gasteiger partial charge in [-0.3, -0.25) is 9.59 Å². The van der Waals surface area contributed by atoms with E-state index in [1.807, 2.05) is 0 Å². The van der Waals surface area contributed by atoms with Gasteiger partial charge < -0.3 is 10.6 Å². The summed E-state index contributed by atoms with van der Waals surface area (Å²) in [5.74, 6) is 3.01. The van der Waals surface area contributed by atoms with Crippen molar-refractivity contribution in [2.75, 3.05) is 12.4 Å². The summed E-state index contributed by atoms with van der Waals surface area (Å²) in [5, 5.41) is 4.47. The van der Waals surface area contributed by atoms with Crippen molar-refractivity contribution in [2.24, 2.45) is 0 Å². The molecule has 5 nitrogen and oxygen atoms in total. The SMILES string of the molecule is CNC(=O)c1cc(C#Cc2ccc(C(F)(F)F)c(C(=O)Nc3ccccn3)c2)cc(C(F)(F)F)c1. The van der Waals surface area contributed by atoms with E-state index in [0.717, 1.165) is 18.2 Å². The number of benzene rings is 2. The minimum absolute atomic E-state index is 0.0211. The van der Waals surface area contributed by atoms with Crippen LogP contribution in [0.1, 0.15) is 43.0 Å². The number of hydrogen-bond donors (Lipinski definition) is 2. The molecule has 0 radical (unpaired) electrons. The number of hydrogen-bond acceptors (Lipinski definition) is 3. The largest absolute Gasteiger partial charge is 0.417 e. The second-order valence-electron chi connectivity index (χ2n) is 7.05. The van der Waals surface area contributed by atoms with Crippen molar-refractivity contribution in [3.05, 3.63) is 94.2 Å². The Morgan fingerprint density at radius 1 is 0.829 bits per heavy atom. The molecule has 0 aliphatic heterocycles. The van der Waals surface area contributed by atoms with Crippen LogP contribution in [-0.4, -0.2) is 23.8 Å². The molecule has 3 rings (SSSR count). The topological polar surface area (TPSA) is 71.1 Å². The molecule has 11 heteroatoms. The standard InChI is InChI=1S/C24H15F6N3O2/c1-31-21(34)16-10-15(11-17(13-16)23(25,26)27)6-5-14-7-8-19(24(28,29)30)18(12-14)22(35)33-20-4-2-3-9-32-20/h2-4,7-13H,1H3,(H,31,34)(H,32,33,35). The summed E-state index contributed by atoms with van der Waals surface area (Å²) in [6.45, 7) is 0. The number of pyridine rings is 1. The maximum Gasteiger partial charge on any atom is 0.417 e. The number of aromatic nitrogens is 1. The molecule has 0 fully saturated rings. The van der Waals surface area contributed by atoms with E-state index in [9.17, 15) is 35.9 Å². The predicted octanol–water partition coefficient (Wildman–Crippen LogP) is 5.13. The molecule has 2 N–H and O–H groups in total. The number of nitrogens with one attached hydrogen (secondary N) is 2. The molecular weight excluding hydrogens is 476 g/mol. The molecule has 0 saturated carbocycles. The number of rotatable bonds is 3. The first-order valence-corrected chi connectivity index (χ1v) is 9.78. The van der Waals surface area contributed by atoms with Gasteiger partial charge in [0.1, 0.15) is 5.82 Å². The van der Waals surface area contributed by atoms with Gasteiger partial charge in [-0.2, -0.15) is 26.3 Å². The molecular formula is C24H15F6N3O2. The summed E-state index contributed by atoms with van der Waals surface area (Å²) in [4.78, 5) is 28.2. The minimum Gasteiger partial charge on any atom is -0.355 e. The summed E-state index contributed by atoms with van der Waals surface area (Å²) in [7, 11) is 1.24. The normalized spacial score (nSPS) is 11.3. The zero-order valence-corrected chi connectivity index (χ0v) is 17.8. The highest BCUT2D eigenvalue weighted by Crippen LogP contribution is 2.33. The second kappa shape index (κ2) is 9.89. The van der Waals surface area contributed by atoms with Crippen LogP contribution in [0, 0.1) is 11.8 Å². The van der Waals surface area contributed by atoms with E-state index in [2.05, 4.69) is 27.5 Å². The summed E-state index contributed by atoms with van der Waals surface area (Å²) in [5.41, 5.74) is -3.65. The van der Waals surface area contributed by atoms with E-state index in [1.54, 1.807) is 6.07 Å². The Morgan fingerprint density at radius 3 is 2.14 bits per heavy atom. The Hall–Kier alpha value is -4.33. The Labute approximate surface area is 195 Å². The van der Waals surface area contributed by atoms with Gasteiger partial charge >= 0.3 is 12.4 Å². The van der Waals surface area contributed by atoms with E-state index in [-0.39, 0.29) is 22.5 Å². The molecule has 1 aromatic heterocycles. The number of nitrogens with zero attached hydrogens (tertiary/aromatic N) is 1. The highest BCUT2D eigenvalue weighted by atomic mass is 19.4. The number of halogens is 6. The van der Waals surface area contributed by atoms with Crippen molar-refractivity contribution >= 4 is 17.6 Å². The summed E-state index contributed by atoms with van der Waals surface area (Å²) in [6.07, 6.45) is -8.28. The fourth-order valence-corrected chi connectivity index (χ4v) is 2.96. The van der Waals surface area contributed by atoms with E-state index in [4.69, 9.17) is 0 Å². The van der Waals surface area contributed by atoms with Crippen LogP contribution in [0.3, 0.4) is 0 Å². The van der Waals surface area contributed by atoms with Gasteiger partial charge in [0.05, 0.1) is 16.7 Å². The Kier molecular flexibility index (Phi) is 7.14. The number of amides is 2. The average molecular weight is 491 g/mol. The maximum atomic E-state index is 13.5. The van der Waals surface area contributed by atoms with Gasteiger partial charge in [0, 0.05) is 29.9 Å². The third-order valence-corrected chi connectivity index (χ3v) is 4.58. The zero-order valence-electron chi connectivity index (χ0n) is 17.8. The molecule has 2 amide bonds. The summed E-state index contributed by atoms with van der Waals surface area (Å²) < 4.78 is 80.0. The van der Waals surface area contributed by atoms with Crippen LogP contribution in [0.2, 0.25) is 0 Å². The predicted molar refractivity (Wildman–Crippen MR) is 114 cm³/mol. The van der Waals surface area contributed by atoms with Crippen LogP contribution in [0.5, 0.6) is 0 Å². The zero-order chi connectivity index (χ0) is 25.8. The Morgan fingerprint density at radius 2 is 1.54 bits per heavy atom. The van der Waals surface area contributed by atoms with E-state index < -0.39 is 40.9 Å². The summed E-state index contributed by atoms with van der Waals surface area (Å²) >= 11 is 0. The van der Waals surface area contributed by atoms with Crippen molar-refractivity contribution in [3.8, 4) is 11.8 Å². The van der Waals surface area contributed by atoms with Crippen LogP contribution in [-0.2, 0) is 12.4 Å². The first-order chi connectivity index (χ1) is 16.4. The monoisotopic (exact) mass is 491 g/mol. The number of carbonyl (C=O) groups excluding carboxylic acids is 2. The lowest BCUT2D eigenvalue weighted by Gasteiger charge is -2.13. The highest BCUT2D eigenvalue weighted by Gasteiger charge is 2.35. The van der Waals surface area contributed by atoms with Gasteiger partial charge in [-0.25, -0.2) is 4.98 Å². The van der Waals surface area contributed by atoms with Crippen LogP contribution < -0.4 is 10.6 Å². The van der Waals surface area contributed by atoms with E-state index in [1.165, 1.54) is 25.4 Å². The van der Waals surface area contributed by atoms with Crippen LogP contribution >= 0.6 is 0 Å². The molecule has 0 bridgehead atoms. The molecule has 0 spiro atoms. The van der Waals surface area contributed by atoms with Crippen molar-refractivity contribution in [1.82, 2.24) is 10.3 Å². The number of anilines is 1. The fourth-order valence-electron chi connectivity index (χ4n) is 2.96. The molecule has 1 heterocycles. The molecule has 0 atom stereocenters. The van der Waals surface area contributed by atoms with Crippen molar-refractivity contribution < 1.29 is 35.9 Å². The van der Waals surface area contributed by atoms with Crippen molar-refractivity contribution in [1.29, 1.82) is 0 Å². The minimum atomic E-state index is -4.85. The quantitative estimate of drug-likeness (QED) is 0.394. The molecule has 0 aliphatic carbocycles. The van der Waals surface area contributed by atoms with Crippen LogP contribution in [0.4, 0.5) is 32.2 Å². The Balaban J connectivity index is 2.04.